The summed E-state index contributed by atoms with van der Waals surface area (Å²) in [6, 6.07) is 10.8. The van der Waals surface area contributed by atoms with Crippen LogP contribution in [-0.2, 0) is 11.0 Å². The first-order valence-electron chi connectivity index (χ1n) is 9.32. The van der Waals surface area contributed by atoms with Crippen LogP contribution < -0.4 is 5.32 Å². The second-order valence-electron chi connectivity index (χ2n) is 7.11. The summed E-state index contributed by atoms with van der Waals surface area (Å²) in [6.45, 7) is 0. The zero-order valence-corrected chi connectivity index (χ0v) is 15.4. The molecule has 1 saturated carbocycles. The van der Waals surface area contributed by atoms with Crippen molar-refractivity contribution in [3.63, 3.8) is 0 Å². The van der Waals surface area contributed by atoms with Crippen molar-refractivity contribution in [2.24, 2.45) is 0 Å². The number of alkyl halides is 3. The molecule has 2 aromatic heterocycles. The molecule has 1 aliphatic rings. The van der Waals surface area contributed by atoms with Crippen molar-refractivity contribution in [1.82, 2.24) is 14.5 Å². The van der Waals surface area contributed by atoms with Gasteiger partial charge in [0, 0.05) is 6.04 Å². The third kappa shape index (κ3) is 3.95. The number of carbonyl (C=O) groups excluding carboxylic acids is 1. The Kier molecular flexibility index (Phi) is 4.99. The average molecular weight is 404 g/mol. The summed E-state index contributed by atoms with van der Waals surface area (Å²) in [7, 11) is 0. The number of carbonyl (C=O) groups is 1. The first kappa shape index (κ1) is 19.4. The highest BCUT2D eigenvalue weighted by atomic mass is 19.4. The number of aliphatic hydroxyl groups is 1. The van der Waals surface area contributed by atoms with Gasteiger partial charge in [0.15, 0.2) is 5.65 Å². The van der Waals surface area contributed by atoms with E-state index in [1.807, 2.05) is 0 Å². The lowest BCUT2D eigenvalue weighted by atomic mass is 9.93. The molecule has 1 aromatic carbocycles. The molecular formula is C20H19F3N4O2. The molecular weight excluding hydrogens is 385 g/mol. The predicted molar refractivity (Wildman–Crippen MR) is 100 cm³/mol. The summed E-state index contributed by atoms with van der Waals surface area (Å²) < 4.78 is 40.8. The Hall–Kier alpha value is -2.94. The maximum absolute atomic E-state index is 13.1. The molecule has 0 saturated heterocycles. The van der Waals surface area contributed by atoms with Crippen molar-refractivity contribution in [2.45, 2.75) is 44.0 Å². The Morgan fingerprint density at radius 1 is 1.17 bits per heavy atom. The molecule has 29 heavy (non-hydrogen) atoms. The Balaban J connectivity index is 1.61. The van der Waals surface area contributed by atoms with Crippen molar-refractivity contribution < 1.29 is 23.1 Å². The van der Waals surface area contributed by atoms with E-state index in [0.717, 1.165) is 25.3 Å². The maximum atomic E-state index is 13.1. The summed E-state index contributed by atoms with van der Waals surface area (Å²) in [5.74, 6) is -0.324. The van der Waals surface area contributed by atoms with Crippen LogP contribution in [0.15, 0.2) is 42.5 Å². The quantitative estimate of drug-likeness (QED) is 0.667. The zero-order valence-electron chi connectivity index (χ0n) is 15.4. The van der Waals surface area contributed by atoms with Crippen LogP contribution in [0, 0.1) is 0 Å². The Morgan fingerprint density at radius 3 is 2.52 bits per heavy atom. The molecule has 0 unspecified atom stereocenters. The molecule has 2 heterocycles. The number of hydrogen-bond donors (Lipinski definition) is 2. The molecule has 4 rings (SSSR count). The molecule has 6 nitrogen and oxygen atoms in total. The Morgan fingerprint density at radius 2 is 1.90 bits per heavy atom. The number of imidazole rings is 1. The van der Waals surface area contributed by atoms with Crippen molar-refractivity contribution in [2.75, 3.05) is 5.32 Å². The monoisotopic (exact) mass is 404 g/mol. The van der Waals surface area contributed by atoms with Crippen LogP contribution in [0.4, 0.5) is 19.1 Å². The van der Waals surface area contributed by atoms with Crippen LogP contribution in [0.3, 0.4) is 0 Å². The lowest BCUT2D eigenvalue weighted by Gasteiger charge is -2.28. The summed E-state index contributed by atoms with van der Waals surface area (Å²) in [4.78, 5) is 20.5. The molecule has 1 amide bonds. The maximum Gasteiger partial charge on any atom is 0.433 e. The highest BCUT2D eigenvalue weighted by molar-refractivity contribution is 5.91. The number of pyridine rings is 1. The first-order valence-corrected chi connectivity index (χ1v) is 9.32. The number of nitrogens with one attached hydrogen (secondary N) is 1. The molecule has 152 valence electrons. The SMILES string of the molecule is O=C(C[C@@H](O)c1ccccc1)Nc1nc2ccc(C(F)(F)F)nc2n1C1CCC1. The normalized spacial score (nSPS) is 15.9. The number of amides is 1. The van der Waals surface area contributed by atoms with Crippen LogP contribution in [-0.4, -0.2) is 25.5 Å². The molecule has 1 aliphatic carbocycles. The van der Waals surface area contributed by atoms with Gasteiger partial charge >= 0.3 is 6.18 Å². The number of aliphatic hydroxyl groups excluding tert-OH is 1. The number of rotatable bonds is 5. The van der Waals surface area contributed by atoms with E-state index in [1.54, 1.807) is 34.9 Å². The Labute approximate surface area is 164 Å². The average Bonchev–Trinajstić information content (AvgIpc) is 2.97. The molecule has 1 atom stereocenters. The molecule has 1 fully saturated rings. The Bertz CT molecular complexity index is 1030. The number of hydrogen-bond acceptors (Lipinski definition) is 4. The van der Waals surface area contributed by atoms with Gasteiger partial charge < -0.3 is 5.11 Å². The van der Waals surface area contributed by atoms with E-state index in [0.29, 0.717) is 5.56 Å². The largest absolute Gasteiger partial charge is 0.433 e. The molecule has 2 N–H and O–H groups in total. The fourth-order valence-corrected chi connectivity index (χ4v) is 3.36. The van der Waals surface area contributed by atoms with Gasteiger partial charge in [-0.1, -0.05) is 30.3 Å². The number of nitrogens with zero attached hydrogens (tertiary/aromatic N) is 3. The van der Waals surface area contributed by atoms with Gasteiger partial charge in [-0.15, -0.1) is 0 Å². The highest BCUT2D eigenvalue weighted by Crippen LogP contribution is 2.38. The van der Waals surface area contributed by atoms with Crippen LogP contribution in [0.5, 0.6) is 0 Å². The minimum atomic E-state index is -4.56. The minimum absolute atomic E-state index is 0.0645. The fraction of sp³-hybridized carbons (Fsp3) is 0.350. The fourth-order valence-electron chi connectivity index (χ4n) is 3.36. The summed E-state index contributed by atoms with van der Waals surface area (Å²) >= 11 is 0. The van der Waals surface area contributed by atoms with E-state index in [-0.39, 0.29) is 29.6 Å². The molecule has 9 heteroatoms. The van der Waals surface area contributed by atoms with Crippen LogP contribution >= 0.6 is 0 Å². The first-order chi connectivity index (χ1) is 13.8. The topological polar surface area (TPSA) is 80.0 Å². The third-order valence-electron chi connectivity index (χ3n) is 5.08. The molecule has 0 spiro atoms. The van der Waals surface area contributed by atoms with E-state index in [9.17, 15) is 23.1 Å². The van der Waals surface area contributed by atoms with Crippen LogP contribution in [0.25, 0.3) is 11.2 Å². The van der Waals surface area contributed by atoms with Crippen molar-refractivity contribution in [3.8, 4) is 0 Å². The van der Waals surface area contributed by atoms with Gasteiger partial charge in [-0.3, -0.25) is 14.7 Å². The van der Waals surface area contributed by atoms with E-state index in [1.165, 1.54) is 6.07 Å². The number of halogens is 3. The van der Waals surface area contributed by atoms with Gasteiger partial charge in [-0.25, -0.2) is 9.97 Å². The summed E-state index contributed by atoms with van der Waals surface area (Å²) in [6.07, 6.45) is -3.25. The van der Waals surface area contributed by atoms with Gasteiger partial charge in [0.25, 0.3) is 0 Å². The molecule has 3 aromatic rings. The third-order valence-corrected chi connectivity index (χ3v) is 5.08. The van der Waals surface area contributed by atoms with Crippen LogP contribution in [0.1, 0.15) is 49.1 Å². The molecule has 0 radical (unpaired) electrons. The van der Waals surface area contributed by atoms with E-state index in [2.05, 4.69) is 15.3 Å². The van der Waals surface area contributed by atoms with Gasteiger partial charge in [0.05, 0.1) is 12.5 Å². The van der Waals surface area contributed by atoms with E-state index < -0.39 is 23.9 Å². The van der Waals surface area contributed by atoms with Crippen molar-refractivity contribution in [1.29, 1.82) is 0 Å². The molecule has 0 bridgehead atoms. The summed E-state index contributed by atoms with van der Waals surface area (Å²) in [5, 5.41) is 12.9. The van der Waals surface area contributed by atoms with E-state index >= 15 is 0 Å². The van der Waals surface area contributed by atoms with Gasteiger partial charge in [-0.2, -0.15) is 13.2 Å². The zero-order chi connectivity index (χ0) is 20.6. The van der Waals surface area contributed by atoms with Crippen molar-refractivity contribution >= 4 is 23.0 Å². The standard InChI is InChI=1S/C20H19F3N4O2/c21-20(22,23)16-10-9-14-18(25-16)27(13-7-4-8-13)19(24-14)26-17(29)11-15(28)12-5-2-1-3-6-12/h1-3,5-6,9-10,13,15,28H,4,7-8,11H2,(H,24,26,29)/t15-/m1/s1. The number of fused-ring (bicyclic) bond motifs is 1. The lowest BCUT2D eigenvalue weighted by Crippen LogP contribution is -2.23. The highest BCUT2D eigenvalue weighted by Gasteiger charge is 2.34. The van der Waals surface area contributed by atoms with Gasteiger partial charge in [0.2, 0.25) is 11.9 Å². The van der Waals surface area contributed by atoms with E-state index in [4.69, 9.17) is 0 Å². The van der Waals surface area contributed by atoms with Gasteiger partial charge in [-0.05, 0) is 37.0 Å². The van der Waals surface area contributed by atoms with Crippen LogP contribution in [0.2, 0.25) is 0 Å². The molecule has 0 aliphatic heterocycles. The number of aromatic nitrogens is 3. The smallest absolute Gasteiger partial charge is 0.388 e. The number of anilines is 1. The lowest BCUT2D eigenvalue weighted by molar-refractivity contribution is -0.141. The predicted octanol–water partition coefficient (Wildman–Crippen LogP) is 4.24. The minimum Gasteiger partial charge on any atom is -0.388 e. The second kappa shape index (κ2) is 7.47. The van der Waals surface area contributed by atoms with Crippen molar-refractivity contribution in [3.05, 3.63) is 53.7 Å². The van der Waals surface area contributed by atoms with Gasteiger partial charge in [0.1, 0.15) is 11.2 Å². The second-order valence-corrected chi connectivity index (χ2v) is 7.11. The number of benzene rings is 1. The summed E-state index contributed by atoms with van der Waals surface area (Å²) in [5.41, 5.74) is -0.0123.